The Kier molecular flexibility index (Phi) is 4.06. The van der Waals surface area contributed by atoms with Crippen molar-refractivity contribution in [2.45, 2.75) is 11.8 Å². The molecule has 1 aromatic carbocycles. The number of aryl methyl sites for hydroxylation is 1. The Morgan fingerprint density at radius 2 is 1.79 bits per heavy atom. The zero-order valence-corrected chi connectivity index (χ0v) is 12.6. The monoisotopic (exact) mass is 303 g/mol. The predicted molar refractivity (Wildman–Crippen MR) is 76.9 cm³/mol. The van der Waals surface area contributed by atoms with Gasteiger partial charge in [-0.1, -0.05) is 11.6 Å². The average molecular weight is 304 g/mol. The Labute approximate surface area is 119 Å². The largest absolute Gasteiger partial charge is 0.397 e. The van der Waals surface area contributed by atoms with Crippen LogP contribution in [-0.4, -0.2) is 50.8 Å². The van der Waals surface area contributed by atoms with E-state index in [1.165, 1.54) is 10.4 Å². The molecule has 1 aliphatic rings. The van der Waals surface area contributed by atoms with Gasteiger partial charge in [-0.15, -0.1) is 0 Å². The lowest BCUT2D eigenvalue weighted by Crippen LogP contribution is -2.47. The molecule has 1 saturated heterocycles. The molecule has 0 radical (unpaired) electrons. The van der Waals surface area contributed by atoms with Crippen LogP contribution in [0.15, 0.2) is 17.0 Å². The van der Waals surface area contributed by atoms with Crippen molar-refractivity contribution in [3.8, 4) is 0 Å². The van der Waals surface area contributed by atoms with Crippen LogP contribution >= 0.6 is 11.6 Å². The number of rotatable bonds is 2. The maximum absolute atomic E-state index is 12.6. The Morgan fingerprint density at radius 3 is 2.37 bits per heavy atom. The van der Waals surface area contributed by atoms with Crippen molar-refractivity contribution in [2.24, 2.45) is 0 Å². The molecule has 106 valence electrons. The second-order valence-electron chi connectivity index (χ2n) is 4.85. The number of anilines is 1. The van der Waals surface area contributed by atoms with Crippen molar-refractivity contribution in [1.82, 2.24) is 9.21 Å². The molecule has 1 fully saturated rings. The van der Waals surface area contributed by atoms with Crippen molar-refractivity contribution in [3.05, 3.63) is 22.7 Å². The summed E-state index contributed by atoms with van der Waals surface area (Å²) in [6.07, 6.45) is 0. The number of piperazine rings is 1. The van der Waals surface area contributed by atoms with Gasteiger partial charge < -0.3 is 10.6 Å². The van der Waals surface area contributed by atoms with Gasteiger partial charge in [0.25, 0.3) is 0 Å². The van der Waals surface area contributed by atoms with Crippen LogP contribution in [0, 0.1) is 6.92 Å². The molecule has 0 amide bonds. The molecule has 0 unspecified atom stereocenters. The zero-order valence-electron chi connectivity index (χ0n) is 11.1. The van der Waals surface area contributed by atoms with Crippen LogP contribution in [0.5, 0.6) is 0 Å². The van der Waals surface area contributed by atoms with E-state index in [0.717, 1.165) is 13.1 Å². The number of nitrogens with two attached hydrogens (primary N) is 1. The van der Waals surface area contributed by atoms with Crippen LogP contribution < -0.4 is 5.73 Å². The van der Waals surface area contributed by atoms with Crippen molar-refractivity contribution < 1.29 is 8.42 Å². The van der Waals surface area contributed by atoms with E-state index in [1.54, 1.807) is 13.0 Å². The molecule has 0 aromatic heterocycles. The number of benzene rings is 1. The fourth-order valence-corrected chi connectivity index (χ4v) is 4.00. The third-order valence-electron chi connectivity index (χ3n) is 3.37. The molecule has 0 bridgehead atoms. The first-order valence-electron chi connectivity index (χ1n) is 6.06. The maximum Gasteiger partial charge on any atom is 0.243 e. The van der Waals surface area contributed by atoms with Crippen molar-refractivity contribution in [3.63, 3.8) is 0 Å². The first-order valence-corrected chi connectivity index (χ1v) is 7.88. The standard InChI is InChI=1S/C12H18ClN3O2S/c1-9-7-10(13)11(14)8-12(9)19(17,18)16-5-3-15(2)4-6-16/h7-8H,3-6,14H2,1-2H3. The summed E-state index contributed by atoms with van der Waals surface area (Å²) in [5.41, 5.74) is 6.63. The summed E-state index contributed by atoms with van der Waals surface area (Å²) in [7, 11) is -1.51. The number of hydrogen-bond acceptors (Lipinski definition) is 4. The highest BCUT2D eigenvalue weighted by Crippen LogP contribution is 2.28. The summed E-state index contributed by atoms with van der Waals surface area (Å²) in [6, 6.07) is 3.05. The lowest BCUT2D eigenvalue weighted by atomic mass is 10.2. The van der Waals surface area contributed by atoms with Gasteiger partial charge in [0.15, 0.2) is 0 Å². The highest BCUT2D eigenvalue weighted by molar-refractivity contribution is 7.89. The second kappa shape index (κ2) is 5.28. The van der Waals surface area contributed by atoms with E-state index in [0.29, 0.717) is 29.4 Å². The normalized spacial score (nSPS) is 18.7. The molecule has 7 heteroatoms. The molecule has 2 N–H and O–H groups in total. The van der Waals surface area contributed by atoms with E-state index < -0.39 is 10.0 Å². The van der Waals surface area contributed by atoms with Gasteiger partial charge in [0.2, 0.25) is 10.0 Å². The van der Waals surface area contributed by atoms with Gasteiger partial charge >= 0.3 is 0 Å². The number of halogens is 1. The van der Waals surface area contributed by atoms with Crippen LogP contribution in [-0.2, 0) is 10.0 Å². The smallest absolute Gasteiger partial charge is 0.243 e. The van der Waals surface area contributed by atoms with Crippen LogP contribution in [0.1, 0.15) is 5.56 Å². The number of nitrogen functional groups attached to an aromatic ring is 1. The lowest BCUT2D eigenvalue weighted by molar-refractivity contribution is 0.222. The number of hydrogen-bond donors (Lipinski definition) is 1. The molecular formula is C12H18ClN3O2S. The average Bonchev–Trinajstić information content (AvgIpc) is 2.34. The van der Waals surface area contributed by atoms with Gasteiger partial charge in [0.05, 0.1) is 15.6 Å². The minimum atomic E-state index is -3.49. The Bertz CT molecular complexity index is 581. The third-order valence-corrected chi connectivity index (χ3v) is 5.74. The van der Waals surface area contributed by atoms with Crippen LogP contribution in [0.25, 0.3) is 0 Å². The minimum absolute atomic E-state index is 0.249. The third kappa shape index (κ3) is 2.86. The van der Waals surface area contributed by atoms with Crippen molar-refractivity contribution in [2.75, 3.05) is 39.0 Å². The highest BCUT2D eigenvalue weighted by Gasteiger charge is 2.29. The summed E-state index contributed by atoms with van der Waals surface area (Å²) >= 11 is 5.90. The molecule has 1 aromatic rings. The summed E-state index contributed by atoms with van der Waals surface area (Å²) in [5.74, 6) is 0. The fourth-order valence-electron chi connectivity index (χ4n) is 2.11. The van der Waals surface area contributed by atoms with Crippen LogP contribution in [0.2, 0.25) is 5.02 Å². The van der Waals surface area contributed by atoms with Gasteiger partial charge in [-0.25, -0.2) is 8.42 Å². The first-order chi connectivity index (χ1) is 8.82. The Hall–Kier alpha value is -0.820. The molecular weight excluding hydrogens is 286 g/mol. The van der Waals surface area contributed by atoms with Gasteiger partial charge in [-0.2, -0.15) is 4.31 Å². The van der Waals surface area contributed by atoms with E-state index in [2.05, 4.69) is 4.90 Å². The summed E-state index contributed by atoms with van der Waals surface area (Å²) < 4.78 is 26.7. The Morgan fingerprint density at radius 1 is 1.21 bits per heavy atom. The van der Waals surface area contributed by atoms with Crippen molar-refractivity contribution in [1.29, 1.82) is 0 Å². The maximum atomic E-state index is 12.6. The molecule has 2 rings (SSSR count). The Balaban J connectivity index is 2.37. The van der Waals surface area contributed by atoms with Gasteiger partial charge in [0.1, 0.15) is 0 Å². The summed E-state index contributed by atoms with van der Waals surface area (Å²) in [6.45, 7) is 4.21. The molecule has 0 atom stereocenters. The SMILES string of the molecule is Cc1cc(Cl)c(N)cc1S(=O)(=O)N1CCN(C)CC1. The molecule has 0 spiro atoms. The summed E-state index contributed by atoms with van der Waals surface area (Å²) in [5, 5.41) is 0.384. The first kappa shape index (κ1) is 14.6. The van der Waals surface area contributed by atoms with Gasteiger partial charge in [-0.05, 0) is 31.7 Å². The molecule has 19 heavy (non-hydrogen) atoms. The molecule has 0 aliphatic carbocycles. The van der Waals surface area contributed by atoms with Gasteiger partial charge in [-0.3, -0.25) is 0 Å². The quantitative estimate of drug-likeness (QED) is 0.833. The fraction of sp³-hybridized carbons (Fsp3) is 0.500. The minimum Gasteiger partial charge on any atom is -0.397 e. The topological polar surface area (TPSA) is 66.6 Å². The second-order valence-corrected chi connectivity index (χ2v) is 7.16. The van der Waals surface area contributed by atoms with Crippen molar-refractivity contribution >= 4 is 27.3 Å². The number of nitrogens with zero attached hydrogens (tertiary/aromatic N) is 2. The van der Waals surface area contributed by atoms with E-state index in [4.69, 9.17) is 17.3 Å². The molecule has 0 saturated carbocycles. The number of likely N-dealkylation sites (N-methyl/N-ethyl adjacent to an activating group) is 1. The highest BCUT2D eigenvalue weighted by atomic mass is 35.5. The van der Waals surface area contributed by atoms with Gasteiger partial charge in [0, 0.05) is 26.2 Å². The molecule has 5 nitrogen and oxygen atoms in total. The van der Waals surface area contributed by atoms with Crippen LogP contribution in [0.4, 0.5) is 5.69 Å². The van der Waals surface area contributed by atoms with E-state index >= 15 is 0 Å². The predicted octanol–water partition coefficient (Wildman–Crippen LogP) is 1.17. The van der Waals surface area contributed by atoms with E-state index in [-0.39, 0.29) is 4.90 Å². The molecule has 1 heterocycles. The zero-order chi connectivity index (χ0) is 14.2. The lowest BCUT2D eigenvalue weighted by Gasteiger charge is -2.32. The summed E-state index contributed by atoms with van der Waals surface area (Å²) in [4.78, 5) is 2.36. The number of sulfonamides is 1. The van der Waals surface area contributed by atoms with E-state index in [9.17, 15) is 8.42 Å². The molecule has 1 aliphatic heterocycles. The van der Waals surface area contributed by atoms with E-state index in [1.807, 2.05) is 7.05 Å². The van der Waals surface area contributed by atoms with Crippen LogP contribution in [0.3, 0.4) is 0 Å².